The topological polar surface area (TPSA) is 65.2 Å². The Bertz CT molecular complexity index is 845. The molecule has 1 aliphatic heterocycles. The third kappa shape index (κ3) is 3.78. The number of hydrogen-bond donors (Lipinski definition) is 2. The second kappa shape index (κ2) is 7.55. The van der Waals surface area contributed by atoms with Gasteiger partial charge in [-0.3, -0.25) is 9.59 Å². The zero-order valence-corrected chi connectivity index (χ0v) is 14.9. The number of carbonyl (C=O) groups is 2. The van der Waals surface area contributed by atoms with Crippen molar-refractivity contribution in [1.82, 2.24) is 15.2 Å². The molecule has 2 aromatic rings. The van der Waals surface area contributed by atoms with Crippen LogP contribution in [0.3, 0.4) is 0 Å². The van der Waals surface area contributed by atoms with E-state index in [4.69, 9.17) is 11.6 Å². The van der Waals surface area contributed by atoms with Crippen molar-refractivity contribution >= 4 is 23.3 Å². The Morgan fingerprint density at radius 1 is 1.27 bits per heavy atom. The van der Waals surface area contributed by atoms with Crippen molar-refractivity contribution in [3.63, 3.8) is 0 Å². The Morgan fingerprint density at radius 3 is 2.65 bits per heavy atom. The van der Waals surface area contributed by atoms with E-state index in [0.717, 1.165) is 38.1 Å². The summed E-state index contributed by atoms with van der Waals surface area (Å²) in [6.07, 6.45) is 2.98. The van der Waals surface area contributed by atoms with Crippen LogP contribution in [0.15, 0.2) is 24.4 Å². The van der Waals surface area contributed by atoms with Gasteiger partial charge in [-0.25, -0.2) is 8.78 Å². The standard InChI is InChI=1S/C18H18ClF2N3O2/c1-24-6-4-11(5-7-24)23-18(26)14-8-10(9-22-14)17(25)15-12(19)2-3-13(20)16(15)21/h2-3,8-9,11,22H,4-7H2,1H3,(H,23,26). The number of H-pyrrole nitrogens is 1. The smallest absolute Gasteiger partial charge is 0.267 e. The van der Waals surface area contributed by atoms with Crippen molar-refractivity contribution in [3.05, 3.63) is 57.9 Å². The van der Waals surface area contributed by atoms with E-state index >= 15 is 0 Å². The third-order valence-corrected chi connectivity index (χ3v) is 4.83. The minimum atomic E-state index is -1.30. The molecule has 1 saturated heterocycles. The highest BCUT2D eigenvalue weighted by molar-refractivity contribution is 6.35. The van der Waals surface area contributed by atoms with Gasteiger partial charge in [0, 0.05) is 17.8 Å². The maximum atomic E-state index is 13.9. The first-order valence-electron chi connectivity index (χ1n) is 8.23. The van der Waals surface area contributed by atoms with Gasteiger partial charge < -0.3 is 15.2 Å². The number of nitrogens with zero attached hydrogens (tertiary/aromatic N) is 1. The molecule has 2 heterocycles. The van der Waals surface area contributed by atoms with Crippen molar-refractivity contribution in [3.8, 4) is 0 Å². The van der Waals surface area contributed by atoms with E-state index < -0.39 is 23.0 Å². The van der Waals surface area contributed by atoms with Crippen LogP contribution in [0, 0.1) is 11.6 Å². The fraction of sp³-hybridized carbons (Fsp3) is 0.333. The number of aromatic nitrogens is 1. The molecule has 0 bridgehead atoms. The highest BCUT2D eigenvalue weighted by atomic mass is 35.5. The predicted molar refractivity (Wildman–Crippen MR) is 93.6 cm³/mol. The van der Waals surface area contributed by atoms with Gasteiger partial charge in [-0.1, -0.05) is 11.6 Å². The molecule has 1 aromatic carbocycles. The molecular weight excluding hydrogens is 364 g/mol. The molecular formula is C18H18ClF2N3O2. The number of hydrogen-bond acceptors (Lipinski definition) is 3. The van der Waals surface area contributed by atoms with Gasteiger partial charge in [0.25, 0.3) is 5.91 Å². The van der Waals surface area contributed by atoms with Crippen LogP contribution in [-0.2, 0) is 0 Å². The molecule has 3 rings (SSSR count). The van der Waals surface area contributed by atoms with Gasteiger partial charge in [0.15, 0.2) is 17.4 Å². The summed E-state index contributed by atoms with van der Waals surface area (Å²) in [6, 6.07) is 3.35. The summed E-state index contributed by atoms with van der Waals surface area (Å²) < 4.78 is 27.3. The number of benzene rings is 1. The molecule has 0 radical (unpaired) electrons. The quantitative estimate of drug-likeness (QED) is 0.632. The molecule has 0 spiro atoms. The summed E-state index contributed by atoms with van der Waals surface area (Å²) in [7, 11) is 2.03. The second-order valence-corrected chi connectivity index (χ2v) is 6.81. The first-order chi connectivity index (χ1) is 12.4. The minimum Gasteiger partial charge on any atom is -0.356 e. The SMILES string of the molecule is CN1CCC(NC(=O)c2cc(C(=O)c3c(Cl)ccc(F)c3F)c[nH]2)CC1. The molecule has 5 nitrogen and oxygen atoms in total. The van der Waals surface area contributed by atoms with Gasteiger partial charge >= 0.3 is 0 Å². The average molecular weight is 382 g/mol. The molecule has 2 N–H and O–H groups in total. The van der Waals surface area contributed by atoms with Gasteiger partial charge in [0.2, 0.25) is 0 Å². The summed E-state index contributed by atoms with van der Waals surface area (Å²) in [5.41, 5.74) is -0.335. The highest BCUT2D eigenvalue weighted by Gasteiger charge is 2.24. The van der Waals surface area contributed by atoms with E-state index in [9.17, 15) is 18.4 Å². The van der Waals surface area contributed by atoms with E-state index in [2.05, 4.69) is 15.2 Å². The average Bonchev–Trinajstić information content (AvgIpc) is 3.11. The molecule has 0 saturated carbocycles. The zero-order chi connectivity index (χ0) is 18.8. The van der Waals surface area contributed by atoms with Crippen molar-refractivity contribution in [2.45, 2.75) is 18.9 Å². The Labute approximate surface area is 154 Å². The molecule has 26 heavy (non-hydrogen) atoms. The maximum absolute atomic E-state index is 13.9. The monoisotopic (exact) mass is 381 g/mol. The van der Waals surface area contributed by atoms with Crippen molar-refractivity contribution in [2.75, 3.05) is 20.1 Å². The maximum Gasteiger partial charge on any atom is 0.267 e. The highest BCUT2D eigenvalue weighted by Crippen LogP contribution is 2.25. The normalized spacial score (nSPS) is 15.8. The minimum absolute atomic E-state index is 0.0323. The van der Waals surface area contributed by atoms with Crippen LogP contribution >= 0.6 is 11.6 Å². The van der Waals surface area contributed by atoms with Crippen LogP contribution in [0.4, 0.5) is 8.78 Å². The lowest BCUT2D eigenvalue weighted by atomic mass is 10.0. The predicted octanol–water partition coefficient (Wildman–Crippen LogP) is 3.00. The number of likely N-dealkylation sites (tertiary alicyclic amines) is 1. The van der Waals surface area contributed by atoms with Crippen molar-refractivity contribution < 1.29 is 18.4 Å². The Kier molecular flexibility index (Phi) is 5.38. The van der Waals surface area contributed by atoms with Gasteiger partial charge in [-0.05, 0) is 51.2 Å². The summed E-state index contributed by atoms with van der Waals surface area (Å²) in [4.78, 5) is 29.7. The molecule has 1 fully saturated rings. The Balaban J connectivity index is 1.74. The van der Waals surface area contributed by atoms with Crippen LogP contribution in [0.1, 0.15) is 39.3 Å². The molecule has 8 heteroatoms. The van der Waals surface area contributed by atoms with Crippen LogP contribution < -0.4 is 5.32 Å². The number of rotatable bonds is 4. The third-order valence-electron chi connectivity index (χ3n) is 4.51. The second-order valence-electron chi connectivity index (χ2n) is 6.40. The van der Waals surface area contributed by atoms with Gasteiger partial charge in [-0.15, -0.1) is 0 Å². The summed E-state index contributed by atoms with van der Waals surface area (Å²) in [5.74, 6) is -3.60. The number of aromatic amines is 1. The van der Waals surface area contributed by atoms with Crippen LogP contribution in [0.5, 0.6) is 0 Å². The molecule has 0 aliphatic carbocycles. The largest absolute Gasteiger partial charge is 0.356 e. The summed E-state index contributed by atoms with van der Waals surface area (Å²) >= 11 is 5.84. The first-order valence-corrected chi connectivity index (χ1v) is 8.60. The Morgan fingerprint density at radius 2 is 1.96 bits per heavy atom. The van der Waals surface area contributed by atoms with Crippen molar-refractivity contribution in [2.24, 2.45) is 0 Å². The van der Waals surface area contributed by atoms with E-state index in [-0.39, 0.29) is 28.2 Å². The molecule has 0 atom stereocenters. The lowest BCUT2D eigenvalue weighted by Crippen LogP contribution is -2.43. The Hall–Kier alpha value is -2.25. The fourth-order valence-electron chi connectivity index (χ4n) is 2.95. The van der Waals surface area contributed by atoms with Crippen LogP contribution in [0.2, 0.25) is 5.02 Å². The number of carbonyl (C=O) groups excluding carboxylic acids is 2. The van der Waals surface area contributed by atoms with E-state index in [1.807, 2.05) is 7.05 Å². The summed E-state index contributed by atoms with van der Waals surface area (Å²) in [6.45, 7) is 1.80. The number of nitrogens with one attached hydrogen (secondary N) is 2. The van der Waals surface area contributed by atoms with Gasteiger partial charge in [-0.2, -0.15) is 0 Å². The lowest BCUT2D eigenvalue weighted by molar-refractivity contribution is 0.0912. The number of amides is 1. The van der Waals surface area contributed by atoms with E-state index in [1.54, 1.807) is 0 Å². The number of ketones is 1. The lowest BCUT2D eigenvalue weighted by Gasteiger charge is -2.29. The van der Waals surface area contributed by atoms with E-state index in [1.165, 1.54) is 12.3 Å². The zero-order valence-electron chi connectivity index (χ0n) is 14.1. The van der Waals surface area contributed by atoms with Crippen molar-refractivity contribution in [1.29, 1.82) is 0 Å². The van der Waals surface area contributed by atoms with Crippen LogP contribution in [0.25, 0.3) is 0 Å². The molecule has 138 valence electrons. The van der Waals surface area contributed by atoms with Gasteiger partial charge in [0.05, 0.1) is 10.6 Å². The molecule has 0 unspecified atom stereocenters. The molecule has 1 aromatic heterocycles. The van der Waals surface area contributed by atoms with Gasteiger partial charge in [0.1, 0.15) is 5.69 Å². The molecule has 1 aliphatic rings. The van der Waals surface area contributed by atoms with Crippen LogP contribution in [-0.4, -0.2) is 47.8 Å². The van der Waals surface area contributed by atoms with E-state index in [0.29, 0.717) is 0 Å². The number of halogens is 3. The summed E-state index contributed by atoms with van der Waals surface area (Å²) in [5, 5.41) is 2.72. The molecule has 1 amide bonds. The number of piperidine rings is 1. The first kappa shape index (κ1) is 18.5. The fourth-order valence-corrected chi connectivity index (χ4v) is 3.18.